The predicted molar refractivity (Wildman–Crippen MR) is 147 cm³/mol. The van der Waals surface area contributed by atoms with Crippen LogP contribution in [0.15, 0.2) is 18.2 Å². The second kappa shape index (κ2) is 12.0. The maximum absolute atomic E-state index is 13.7. The molecule has 0 aromatic heterocycles. The Morgan fingerprint density at radius 1 is 1.19 bits per heavy atom. The molecule has 4 aliphatic rings. The van der Waals surface area contributed by atoms with E-state index in [2.05, 4.69) is 19.2 Å². The Kier molecular flexibility index (Phi) is 9.13. The lowest BCUT2D eigenvalue weighted by Gasteiger charge is -2.64. The van der Waals surface area contributed by atoms with Gasteiger partial charge in [-0.1, -0.05) is 26.0 Å². The van der Waals surface area contributed by atoms with E-state index < -0.39 is 55.3 Å². The van der Waals surface area contributed by atoms with Crippen LogP contribution in [-0.2, 0) is 34.7 Å². The molecule has 5 rings (SSSR count). The largest absolute Gasteiger partial charge is 0.511 e. The Hall–Kier alpha value is -2.93. The molecule has 0 spiro atoms. The number of ether oxygens (including phenoxy) is 4. The van der Waals surface area contributed by atoms with E-state index in [1.54, 1.807) is 19.1 Å². The number of para-hydroxylation sites is 1. The van der Waals surface area contributed by atoms with E-state index in [0.29, 0.717) is 18.4 Å². The van der Waals surface area contributed by atoms with Crippen molar-refractivity contribution in [3.63, 3.8) is 0 Å². The number of benzene rings is 1. The van der Waals surface area contributed by atoms with Gasteiger partial charge in [0.1, 0.15) is 11.3 Å². The molecule has 6 unspecified atom stereocenters. The minimum Gasteiger partial charge on any atom is -0.496 e. The summed E-state index contributed by atoms with van der Waals surface area (Å²) in [6.45, 7) is 10.2. The number of esters is 1. The highest BCUT2D eigenvalue weighted by molar-refractivity contribution is 6.48. The van der Waals surface area contributed by atoms with Crippen LogP contribution in [-0.4, -0.2) is 68.7 Å². The lowest BCUT2D eigenvalue weighted by molar-refractivity contribution is -0.199. The lowest BCUT2D eigenvalue weighted by atomic mass is 9.43. The summed E-state index contributed by atoms with van der Waals surface area (Å²) < 4.78 is 60.8. The minimum absolute atomic E-state index is 0.0379. The third-order valence-corrected chi connectivity index (χ3v) is 8.87. The molecule has 10 nitrogen and oxygen atoms in total. The summed E-state index contributed by atoms with van der Waals surface area (Å²) in [5, 5.41) is 2.69. The van der Waals surface area contributed by atoms with E-state index in [4.69, 9.17) is 28.3 Å². The Balaban J connectivity index is 1.57. The molecule has 1 heterocycles. The molecule has 1 aromatic carbocycles. The first-order valence-electron chi connectivity index (χ1n) is 14.3. The van der Waals surface area contributed by atoms with Crippen LogP contribution in [0, 0.1) is 17.3 Å². The number of carbonyl (C=O) groups is 3. The summed E-state index contributed by atoms with van der Waals surface area (Å²) in [5.74, 6) is -4.87. The number of methoxy groups -OCH3 is 1. The third kappa shape index (κ3) is 6.51. The van der Waals surface area contributed by atoms with Crippen molar-refractivity contribution < 1.29 is 51.4 Å². The Bertz CT molecular complexity index is 1190. The second-order valence-corrected chi connectivity index (χ2v) is 12.2. The molecule has 6 atom stereocenters. The SMILES string of the molecule is CCOC(=O)OC(C)OC(=O)c1cccc(CC(NC(=O)CC(C)(F)F)B2OC3CC4CC(C4(C)C)C3(C)O2)c1OC. The van der Waals surface area contributed by atoms with Gasteiger partial charge in [0.15, 0.2) is 0 Å². The summed E-state index contributed by atoms with van der Waals surface area (Å²) >= 11 is 0. The fourth-order valence-corrected chi connectivity index (χ4v) is 6.74. The van der Waals surface area contributed by atoms with Gasteiger partial charge in [-0.15, -0.1) is 0 Å². The highest BCUT2D eigenvalue weighted by atomic mass is 19.3. The quantitative estimate of drug-likeness (QED) is 0.220. The molecule has 1 aliphatic heterocycles. The van der Waals surface area contributed by atoms with Crippen molar-refractivity contribution in [1.82, 2.24) is 5.32 Å². The number of alkyl halides is 2. The number of rotatable bonds is 11. The Morgan fingerprint density at radius 3 is 2.52 bits per heavy atom. The first-order chi connectivity index (χ1) is 19.6. The first kappa shape index (κ1) is 32.0. The molecule has 1 amide bonds. The van der Waals surface area contributed by atoms with Gasteiger partial charge in [0.05, 0.1) is 37.8 Å². The van der Waals surface area contributed by atoms with Crippen molar-refractivity contribution in [2.75, 3.05) is 13.7 Å². The smallest absolute Gasteiger partial charge is 0.496 e. The van der Waals surface area contributed by atoms with Crippen molar-refractivity contribution in [1.29, 1.82) is 0 Å². The van der Waals surface area contributed by atoms with Crippen LogP contribution in [0.3, 0.4) is 0 Å². The van der Waals surface area contributed by atoms with Crippen LogP contribution in [0.4, 0.5) is 13.6 Å². The van der Waals surface area contributed by atoms with Gasteiger partial charge in [0, 0.05) is 6.92 Å². The Labute approximate surface area is 245 Å². The molecule has 3 saturated carbocycles. The number of hydrogen-bond acceptors (Lipinski definition) is 9. The van der Waals surface area contributed by atoms with Crippen molar-refractivity contribution in [3.8, 4) is 5.75 Å². The van der Waals surface area contributed by atoms with Gasteiger partial charge in [-0.05, 0) is 68.9 Å². The normalized spacial score (nSPS) is 27.2. The van der Waals surface area contributed by atoms with E-state index in [1.165, 1.54) is 20.1 Å². The summed E-state index contributed by atoms with van der Waals surface area (Å²) in [6.07, 6.45) is -1.56. The molecular formula is C29H40BF2NO9. The molecule has 4 fully saturated rings. The lowest BCUT2D eigenvalue weighted by Crippen LogP contribution is -2.65. The minimum atomic E-state index is -3.21. The average molecular weight is 595 g/mol. The molecule has 0 radical (unpaired) electrons. The molecule has 232 valence electrons. The Morgan fingerprint density at radius 2 is 1.90 bits per heavy atom. The molecule has 1 aromatic rings. The second-order valence-electron chi connectivity index (χ2n) is 12.2. The van der Waals surface area contributed by atoms with Gasteiger partial charge in [-0.2, -0.15) is 0 Å². The number of halogens is 2. The van der Waals surface area contributed by atoms with E-state index in [-0.39, 0.29) is 41.8 Å². The molecule has 3 aliphatic carbocycles. The van der Waals surface area contributed by atoms with Gasteiger partial charge >= 0.3 is 19.2 Å². The van der Waals surface area contributed by atoms with E-state index in [9.17, 15) is 23.2 Å². The van der Waals surface area contributed by atoms with Gasteiger partial charge in [-0.25, -0.2) is 18.4 Å². The van der Waals surface area contributed by atoms with Crippen LogP contribution in [0.5, 0.6) is 5.75 Å². The summed E-state index contributed by atoms with van der Waals surface area (Å²) in [6, 6.07) is 4.76. The van der Waals surface area contributed by atoms with Crippen molar-refractivity contribution in [2.45, 2.75) is 97.1 Å². The molecular weight excluding hydrogens is 555 g/mol. The first-order valence-corrected chi connectivity index (χ1v) is 14.3. The monoisotopic (exact) mass is 595 g/mol. The molecule has 1 saturated heterocycles. The van der Waals surface area contributed by atoms with Gasteiger partial charge < -0.3 is 33.6 Å². The van der Waals surface area contributed by atoms with Crippen LogP contribution < -0.4 is 10.1 Å². The van der Waals surface area contributed by atoms with Gasteiger partial charge in [0.2, 0.25) is 12.2 Å². The van der Waals surface area contributed by atoms with E-state index >= 15 is 0 Å². The standard InChI is InChI=1S/C29H40BF2NO9/c1-8-38-26(36)40-16(2)39-25(35)19-11-9-10-17(24(19)37-7)12-22(33-23(34)15-28(5,31)32)30-41-21-14-18-13-20(27(18,3)4)29(21,6)42-30/h9-11,16,18,20-22H,8,12-15H2,1-7H3,(H,33,34). The fourth-order valence-electron chi connectivity index (χ4n) is 6.74. The van der Waals surface area contributed by atoms with Crippen LogP contribution in [0.25, 0.3) is 0 Å². The highest BCUT2D eigenvalue weighted by Crippen LogP contribution is 2.65. The van der Waals surface area contributed by atoms with Gasteiger partial charge in [0.25, 0.3) is 5.92 Å². The fraction of sp³-hybridized carbons (Fsp3) is 0.690. The van der Waals surface area contributed by atoms with Crippen LogP contribution in [0.2, 0.25) is 0 Å². The van der Waals surface area contributed by atoms with Gasteiger partial charge in [-0.3, -0.25) is 4.79 Å². The van der Waals surface area contributed by atoms with Crippen LogP contribution in [0.1, 0.15) is 76.7 Å². The molecule has 13 heteroatoms. The summed E-state index contributed by atoms with van der Waals surface area (Å²) in [4.78, 5) is 37.3. The van der Waals surface area contributed by atoms with E-state index in [1.807, 2.05) is 6.92 Å². The van der Waals surface area contributed by atoms with Crippen LogP contribution >= 0.6 is 0 Å². The maximum atomic E-state index is 13.7. The van der Waals surface area contributed by atoms with Crippen molar-refractivity contribution >= 4 is 25.2 Å². The summed E-state index contributed by atoms with van der Waals surface area (Å²) in [5.41, 5.74) is 0.0106. The molecule has 42 heavy (non-hydrogen) atoms. The molecule has 2 bridgehead atoms. The topological polar surface area (TPSA) is 119 Å². The maximum Gasteiger partial charge on any atom is 0.511 e. The third-order valence-electron chi connectivity index (χ3n) is 8.87. The highest BCUT2D eigenvalue weighted by Gasteiger charge is 2.68. The number of hydrogen-bond donors (Lipinski definition) is 1. The van der Waals surface area contributed by atoms with E-state index in [0.717, 1.165) is 12.8 Å². The summed E-state index contributed by atoms with van der Waals surface area (Å²) in [7, 11) is 0.454. The number of carbonyl (C=O) groups excluding carboxylic acids is 3. The number of nitrogens with one attached hydrogen (secondary N) is 1. The molecule has 1 N–H and O–H groups in total. The zero-order valence-electron chi connectivity index (χ0n) is 25.2. The zero-order chi connectivity index (χ0) is 31.0. The van der Waals surface area contributed by atoms with Crippen molar-refractivity contribution in [3.05, 3.63) is 29.3 Å². The zero-order valence-corrected chi connectivity index (χ0v) is 25.2. The predicted octanol–water partition coefficient (Wildman–Crippen LogP) is 4.71. The average Bonchev–Trinajstić information content (AvgIpc) is 3.24. The van der Waals surface area contributed by atoms with Crippen molar-refractivity contribution in [2.24, 2.45) is 17.3 Å². The number of amides is 1.